The molecule has 0 spiro atoms. The number of amides is 1. The highest BCUT2D eigenvalue weighted by atomic mass is 16.1. The molecule has 30 heavy (non-hydrogen) atoms. The van der Waals surface area contributed by atoms with E-state index in [1.807, 2.05) is 18.2 Å². The number of likely N-dealkylation sites (tertiary alicyclic amines) is 1. The number of anilines is 1. The number of carbonyl (C=O) groups is 1. The van der Waals surface area contributed by atoms with Gasteiger partial charge in [0.1, 0.15) is 0 Å². The van der Waals surface area contributed by atoms with Gasteiger partial charge in [0, 0.05) is 18.2 Å². The molecule has 0 aromatic heterocycles. The summed E-state index contributed by atoms with van der Waals surface area (Å²) >= 11 is 0. The molecule has 0 unspecified atom stereocenters. The van der Waals surface area contributed by atoms with E-state index in [1.54, 1.807) is 0 Å². The Kier molecular flexibility index (Phi) is 5.20. The minimum Gasteiger partial charge on any atom is -0.326 e. The van der Waals surface area contributed by atoms with Gasteiger partial charge in [-0.15, -0.1) is 0 Å². The SMILES string of the molecule is O=C(Nc1ccc2ccccc2c1)C1CCN(Cc2cccc3ccccc23)CC1. The van der Waals surface area contributed by atoms with Crippen molar-refractivity contribution >= 4 is 33.1 Å². The largest absolute Gasteiger partial charge is 0.326 e. The number of nitrogens with one attached hydrogen (secondary N) is 1. The Bertz CT molecular complexity index is 1190. The molecule has 0 radical (unpaired) electrons. The van der Waals surface area contributed by atoms with E-state index < -0.39 is 0 Å². The van der Waals surface area contributed by atoms with Gasteiger partial charge >= 0.3 is 0 Å². The topological polar surface area (TPSA) is 32.3 Å². The predicted molar refractivity (Wildman–Crippen MR) is 125 cm³/mol. The average molecular weight is 395 g/mol. The Morgan fingerprint density at radius 3 is 2.33 bits per heavy atom. The van der Waals surface area contributed by atoms with E-state index in [2.05, 4.69) is 76.9 Å². The summed E-state index contributed by atoms with van der Waals surface area (Å²) in [6.07, 6.45) is 1.81. The number of nitrogens with zero attached hydrogens (tertiary/aromatic N) is 1. The quantitative estimate of drug-likeness (QED) is 0.471. The number of carbonyl (C=O) groups excluding carboxylic acids is 1. The van der Waals surface area contributed by atoms with Crippen LogP contribution in [0.1, 0.15) is 18.4 Å². The molecule has 1 fully saturated rings. The second kappa shape index (κ2) is 8.29. The molecular weight excluding hydrogens is 368 g/mol. The fraction of sp³-hybridized carbons (Fsp3) is 0.222. The lowest BCUT2D eigenvalue weighted by Crippen LogP contribution is -2.37. The molecule has 1 saturated heterocycles. The third-order valence-electron chi connectivity index (χ3n) is 6.25. The smallest absolute Gasteiger partial charge is 0.227 e. The highest BCUT2D eigenvalue weighted by Crippen LogP contribution is 2.25. The van der Waals surface area contributed by atoms with Gasteiger partial charge in [-0.1, -0.05) is 72.8 Å². The Labute approximate surface area is 177 Å². The first kappa shape index (κ1) is 18.8. The first-order valence-electron chi connectivity index (χ1n) is 10.7. The number of benzene rings is 4. The van der Waals surface area contributed by atoms with Crippen LogP contribution in [0.15, 0.2) is 84.9 Å². The molecule has 0 saturated carbocycles. The molecule has 3 nitrogen and oxygen atoms in total. The van der Waals surface area contributed by atoms with Crippen molar-refractivity contribution in [3.63, 3.8) is 0 Å². The normalized spacial score (nSPS) is 15.5. The molecule has 4 aromatic carbocycles. The van der Waals surface area contributed by atoms with Crippen LogP contribution in [0.4, 0.5) is 5.69 Å². The molecule has 150 valence electrons. The molecule has 1 aliphatic rings. The molecule has 3 heteroatoms. The van der Waals surface area contributed by atoms with Crippen LogP contribution >= 0.6 is 0 Å². The summed E-state index contributed by atoms with van der Waals surface area (Å²) in [7, 11) is 0. The number of piperidine rings is 1. The summed E-state index contributed by atoms with van der Waals surface area (Å²) in [5, 5.41) is 8.10. The minimum atomic E-state index is 0.0836. The second-order valence-electron chi connectivity index (χ2n) is 8.24. The van der Waals surface area contributed by atoms with E-state index in [0.717, 1.165) is 43.5 Å². The zero-order valence-corrected chi connectivity index (χ0v) is 17.1. The molecule has 0 aliphatic carbocycles. The maximum absolute atomic E-state index is 12.8. The van der Waals surface area contributed by atoms with Crippen molar-refractivity contribution in [1.82, 2.24) is 4.90 Å². The van der Waals surface area contributed by atoms with E-state index in [-0.39, 0.29) is 11.8 Å². The highest BCUT2D eigenvalue weighted by molar-refractivity contribution is 5.95. The fourth-order valence-corrected chi connectivity index (χ4v) is 4.54. The molecule has 0 bridgehead atoms. The van der Waals surface area contributed by atoms with E-state index in [4.69, 9.17) is 0 Å². The van der Waals surface area contributed by atoms with E-state index in [1.165, 1.54) is 21.7 Å². The van der Waals surface area contributed by atoms with Crippen LogP contribution in [0, 0.1) is 5.92 Å². The van der Waals surface area contributed by atoms with Crippen molar-refractivity contribution in [2.24, 2.45) is 5.92 Å². The monoisotopic (exact) mass is 394 g/mol. The summed E-state index contributed by atoms with van der Waals surface area (Å²) in [5.41, 5.74) is 2.25. The molecule has 5 rings (SSSR count). The van der Waals surface area contributed by atoms with Gasteiger partial charge in [-0.2, -0.15) is 0 Å². The summed E-state index contributed by atoms with van der Waals surface area (Å²) < 4.78 is 0. The summed E-state index contributed by atoms with van der Waals surface area (Å²) in [6.45, 7) is 2.86. The predicted octanol–water partition coefficient (Wildman–Crippen LogP) is 5.84. The Balaban J connectivity index is 1.20. The molecule has 1 N–H and O–H groups in total. The van der Waals surface area contributed by atoms with Crippen LogP contribution in [-0.2, 0) is 11.3 Å². The molecule has 1 heterocycles. The Morgan fingerprint density at radius 2 is 1.50 bits per heavy atom. The lowest BCUT2D eigenvalue weighted by molar-refractivity contribution is -0.121. The van der Waals surface area contributed by atoms with Gasteiger partial charge in [-0.05, 0) is 65.2 Å². The maximum Gasteiger partial charge on any atom is 0.227 e. The Morgan fingerprint density at radius 1 is 0.800 bits per heavy atom. The summed E-state index contributed by atoms with van der Waals surface area (Å²) in [4.78, 5) is 15.3. The summed E-state index contributed by atoms with van der Waals surface area (Å²) in [6, 6.07) is 29.5. The van der Waals surface area contributed by atoms with Gasteiger partial charge in [0.2, 0.25) is 5.91 Å². The lowest BCUT2D eigenvalue weighted by Gasteiger charge is -2.31. The van der Waals surface area contributed by atoms with Crippen molar-refractivity contribution < 1.29 is 4.79 Å². The van der Waals surface area contributed by atoms with Crippen LogP contribution in [0.5, 0.6) is 0 Å². The first-order valence-corrected chi connectivity index (χ1v) is 10.7. The highest BCUT2D eigenvalue weighted by Gasteiger charge is 2.25. The number of rotatable bonds is 4. The fourth-order valence-electron chi connectivity index (χ4n) is 4.54. The number of fused-ring (bicyclic) bond motifs is 2. The van der Waals surface area contributed by atoms with Gasteiger partial charge in [0.05, 0.1) is 0 Å². The van der Waals surface area contributed by atoms with E-state index in [9.17, 15) is 4.79 Å². The first-order chi connectivity index (χ1) is 14.8. The molecule has 1 amide bonds. The van der Waals surface area contributed by atoms with Crippen LogP contribution < -0.4 is 5.32 Å². The van der Waals surface area contributed by atoms with Crippen molar-refractivity contribution in [1.29, 1.82) is 0 Å². The van der Waals surface area contributed by atoms with Crippen LogP contribution in [0.25, 0.3) is 21.5 Å². The molecule has 4 aromatic rings. The average Bonchev–Trinajstić information content (AvgIpc) is 2.80. The second-order valence-corrected chi connectivity index (χ2v) is 8.24. The van der Waals surface area contributed by atoms with Gasteiger partial charge < -0.3 is 5.32 Å². The van der Waals surface area contributed by atoms with Gasteiger partial charge in [-0.25, -0.2) is 0 Å². The third kappa shape index (κ3) is 3.94. The van der Waals surface area contributed by atoms with Gasteiger partial charge in [0.25, 0.3) is 0 Å². The maximum atomic E-state index is 12.8. The molecule has 1 aliphatic heterocycles. The van der Waals surface area contributed by atoms with Gasteiger partial charge in [-0.3, -0.25) is 9.69 Å². The zero-order chi connectivity index (χ0) is 20.3. The van der Waals surface area contributed by atoms with Crippen molar-refractivity contribution in [3.05, 3.63) is 90.5 Å². The molecular formula is C27H26N2O. The zero-order valence-electron chi connectivity index (χ0n) is 17.1. The van der Waals surface area contributed by atoms with E-state index in [0.29, 0.717) is 0 Å². The lowest BCUT2D eigenvalue weighted by atomic mass is 9.95. The summed E-state index contributed by atoms with van der Waals surface area (Å²) in [5.74, 6) is 0.232. The van der Waals surface area contributed by atoms with Crippen LogP contribution in [0.3, 0.4) is 0 Å². The van der Waals surface area contributed by atoms with Gasteiger partial charge in [0.15, 0.2) is 0 Å². The van der Waals surface area contributed by atoms with Crippen LogP contribution in [0.2, 0.25) is 0 Å². The van der Waals surface area contributed by atoms with Crippen molar-refractivity contribution in [2.45, 2.75) is 19.4 Å². The van der Waals surface area contributed by atoms with Crippen molar-refractivity contribution in [3.8, 4) is 0 Å². The van der Waals surface area contributed by atoms with Crippen LogP contribution in [-0.4, -0.2) is 23.9 Å². The minimum absolute atomic E-state index is 0.0836. The Hall–Kier alpha value is -3.17. The standard InChI is InChI=1S/C27H26N2O/c30-27(28-25-13-12-20-6-1-2-8-23(20)18-25)22-14-16-29(17-15-22)19-24-10-5-9-21-7-3-4-11-26(21)24/h1-13,18,22H,14-17,19H2,(H,28,30). The van der Waals surface area contributed by atoms with Crippen molar-refractivity contribution in [2.75, 3.05) is 18.4 Å². The number of hydrogen-bond donors (Lipinski definition) is 1. The van der Waals surface area contributed by atoms with E-state index >= 15 is 0 Å². The number of hydrogen-bond acceptors (Lipinski definition) is 2. The molecule has 0 atom stereocenters. The third-order valence-corrected chi connectivity index (χ3v) is 6.25.